The van der Waals surface area contributed by atoms with E-state index in [0.717, 1.165) is 0 Å². The molecule has 0 saturated carbocycles. The molecule has 1 rings (SSSR count). The summed E-state index contributed by atoms with van der Waals surface area (Å²) in [5.41, 5.74) is 0. The number of methoxy groups -OCH3 is 1. The highest BCUT2D eigenvalue weighted by Gasteiger charge is 2.34. The molecule has 3 atom stereocenters. The largest absolute Gasteiger partial charge is 0.481 e. The Morgan fingerprint density at radius 3 is 2.47 bits per heavy atom. The van der Waals surface area contributed by atoms with Gasteiger partial charge in [-0.2, -0.15) is 0 Å². The van der Waals surface area contributed by atoms with Gasteiger partial charge in [0, 0.05) is 12.5 Å². The molecule has 1 saturated heterocycles. The van der Waals surface area contributed by atoms with Crippen LogP contribution in [0.3, 0.4) is 0 Å². The number of amides is 1. The van der Waals surface area contributed by atoms with Gasteiger partial charge in [0.2, 0.25) is 5.91 Å². The van der Waals surface area contributed by atoms with Gasteiger partial charge >= 0.3 is 11.9 Å². The molecule has 1 amide bonds. The molecule has 1 heterocycles. The summed E-state index contributed by atoms with van der Waals surface area (Å²) in [5, 5.41) is 8.91. The summed E-state index contributed by atoms with van der Waals surface area (Å²) < 4.78 is 9.78. The first-order valence-corrected chi connectivity index (χ1v) is 6.09. The lowest BCUT2D eigenvalue weighted by Crippen LogP contribution is -2.51. The smallest absolute Gasteiger partial charge is 0.336 e. The van der Waals surface area contributed by atoms with Crippen LogP contribution in [-0.4, -0.2) is 60.8 Å². The molecule has 7 heteroatoms. The number of carbonyl (C=O) groups is 3. The number of carbonyl (C=O) groups excluding carboxylic acids is 2. The van der Waals surface area contributed by atoms with Crippen molar-refractivity contribution in [3.63, 3.8) is 0 Å². The summed E-state index contributed by atoms with van der Waals surface area (Å²) in [4.78, 5) is 35.9. The number of nitrogens with zero attached hydrogens (tertiary/aromatic N) is 1. The summed E-state index contributed by atoms with van der Waals surface area (Å²) in [6.07, 6.45) is -0.796. The predicted molar refractivity (Wildman–Crippen MR) is 64.3 cm³/mol. The van der Waals surface area contributed by atoms with Crippen LogP contribution in [0.25, 0.3) is 0 Å². The predicted octanol–water partition coefficient (Wildman–Crippen LogP) is -0.256. The summed E-state index contributed by atoms with van der Waals surface area (Å²) in [7, 11) is 1.25. The Balaban J connectivity index is 2.66. The molecule has 1 fully saturated rings. The van der Waals surface area contributed by atoms with Crippen molar-refractivity contribution in [2.75, 3.05) is 26.8 Å². The lowest BCUT2D eigenvalue weighted by molar-refractivity contribution is -0.165. The third-order valence-electron chi connectivity index (χ3n) is 3.37. The molecule has 7 nitrogen and oxygen atoms in total. The van der Waals surface area contributed by atoms with Crippen LogP contribution in [0, 0.1) is 11.8 Å². The highest BCUT2D eigenvalue weighted by atomic mass is 16.6. The van der Waals surface area contributed by atoms with Crippen LogP contribution >= 0.6 is 0 Å². The van der Waals surface area contributed by atoms with Crippen molar-refractivity contribution >= 4 is 17.8 Å². The average molecular weight is 273 g/mol. The third-order valence-corrected chi connectivity index (χ3v) is 3.37. The molecule has 0 aliphatic carbocycles. The molecule has 3 unspecified atom stereocenters. The number of morpholine rings is 1. The second kappa shape index (κ2) is 6.51. The van der Waals surface area contributed by atoms with Gasteiger partial charge in [0.1, 0.15) is 0 Å². The second-order valence-electron chi connectivity index (χ2n) is 4.58. The van der Waals surface area contributed by atoms with Gasteiger partial charge in [0.15, 0.2) is 6.10 Å². The van der Waals surface area contributed by atoms with E-state index in [0.29, 0.717) is 6.54 Å². The number of esters is 1. The van der Waals surface area contributed by atoms with Crippen LogP contribution in [0.2, 0.25) is 0 Å². The van der Waals surface area contributed by atoms with Crippen molar-refractivity contribution in [3.8, 4) is 0 Å². The van der Waals surface area contributed by atoms with Gasteiger partial charge in [-0.05, 0) is 0 Å². The number of hydrogen-bond donors (Lipinski definition) is 1. The van der Waals surface area contributed by atoms with Crippen LogP contribution in [0.4, 0.5) is 0 Å². The van der Waals surface area contributed by atoms with Gasteiger partial charge in [-0.15, -0.1) is 0 Å². The van der Waals surface area contributed by atoms with Crippen molar-refractivity contribution in [2.45, 2.75) is 20.0 Å². The molecule has 0 radical (unpaired) electrons. The minimum Gasteiger partial charge on any atom is -0.481 e. The van der Waals surface area contributed by atoms with Gasteiger partial charge in [0.25, 0.3) is 0 Å². The number of rotatable bonds is 4. The Bertz CT molecular complexity index is 369. The molecule has 108 valence electrons. The molecule has 1 aliphatic heterocycles. The Hall–Kier alpha value is -1.63. The van der Waals surface area contributed by atoms with E-state index in [1.165, 1.54) is 18.9 Å². The van der Waals surface area contributed by atoms with Gasteiger partial charge < -0.3 is 19.5 Å². The second-order valence-corrected chi connectivity index (χ2v) is 4.58. The highest BCUT2D eigenvalue weighted by molar-refractivity contribution is 5.85. The maximum atomic E-state index is 12.2. The Morgan fingerprint density at radius 1 is 1.32 bits per heavy atom. The maximum Gasteiger partial charge on any atom is 0.336 e. The molecule has 0 aromatic heterocycles. The zero-order valence-electron chi connectivity index (χ0n) is 11.3. The average Bonchev–Trinajstić information content (AvgIpc) is 2.43. The van der Waals surface area contributed by atoms with Gasteiger partial charge in [-0.3, -0.25) is 9.59 Å². The van der Waals surface area contributed by atoms with E-state index in [1.54, 1.807) is 6.92 Å². The first-order valence-electron chi connectivity index (χ1n) is 6.09. The van der Waals surface area contributed by atoms with Gasteiger partial charge in [-0.25, -0.2) is 4.79 Å². The lowest BCUT2D eigenvalue weighted by Gasteiger charge is -2.33. The fourth-order valence-electron chi connectivity index (χ4n) is 1.84. The quantitative estimate of drug-likeness (QED) is 0.710. The summed E-state index contributed by atoms with van der Waals surface area (Å²) in [6, 6.07) is 0. The monoisotopic (exact) mass is 273 g/mol. The molecule has 0 spiro atoms. The Labute approximate surface area is 111 Å². The molecule has 0 bridgehead atoms. The first kappa shape index (κ1) is 15.4. The molecule has 1 N–H and O–H groups in total. The molecule has 0 aromatic carbocycles. The number of carboxylic acid groups (broad SMARTS) is 1. The van der Waals surface area contributed by atoms with Crippen molar-refractivity contribution < 1.29 is 29.0 Å². The zero-order valence-corrected chi connectivity index (χ0v) is 11.3. The van der Waals surface area contributed by atoms with Crippen LogP contribution in [0.1, 0.15) is 13.8 Å². The molecule has 0 aromatic rings. The number of hydrogen-bond acceptors (Lipinski definition) is 5. The van der Waals surface area contributed by atoms with E-state index in [2.05, 4.69) is 4.74 Å². The van der Waals surface area contributed by atoms with E-state index in [-0.39, 0.29) is 19.1 Å². The van der Waals surface area contributed by atoms with Crippen molar-refractivity contribution in [1.29, 1.82) is 0 Å². The minimum atomic E-state index is -1.02. The molecule has 1 aliphatic rings. The molecular formula is C12H19NO6. The highest BCUT2D eigenvalue weighted by Crippen LogP contribution is 2.17. The fourth-order valence-corrected chi connectivity index (χ4v) is 1.84. The standard InChI is InChI=1S/C12H19NO6/c1-7(8(2)11(15)16)10(14)13-4-5-19-9(6-13)12(17)18-3/h7-9H,4-6H2,1-3H3,(H,15,16). The Kier molecular flexibility index (Phi) is 5.29. The van der Waals surface area contributed by atoms with Crippen LogP contribution < -0.4 is 0 Å². The fraction of sp³-hybridized carbons (Fsp3) is 0.750. The summed E-state index contributed by atoms with van der Waals surface area (Å²) in [6.45, 7) is 3.75. The van der Waals surface area contributed by atoms with Gasteiger partial charge in [-0.1, -0.05) is 13.8 Å². The minimum absolute atomic E-state index is 0.0994. The Morgan fingerprint density at radius 2 is 1.95 bits per heavy atom. The van der Waals surface area contributed by atoms with E-state index in [4.69, 9.17) is 9.84 Å². The zero-order chi connectivity index (χ0) is 14.6. The normalized spacial score (nSPS) is 22.5. The number of ether oxygens (including phenoxy) is 2. The van der Waals surface area contributed by atoms with Crippen LogP contribution in [-0.2, 0) is 23.9 Å². The number of aliphatic carboxylic acids is 1. The molecule has 19 heavy (non-hydrogen) atoms. The number of carboxylic acids is 1. The van der Waals surface area contributed by atoms with Crippen LogP contribution in [0.5, 0.6) is 0 Å². The van der Waals surface area contributed by atoms with Crippen LogP contribution in [0.15, 0.2) is 0 Å². The van der Waals surface area contributed by atoms with E-state index >= 15 is 0 Å². The molecular weight excluding hydrogens is 254 g/mol. The van der Waals surface area contributed by atoms with Gasteiger partial charge in [0.05, 0.1) is 26.2 Å². The lowest BCUT2D eigenvalue weighted by atomic mass is 9.94. The van der Waals surface area contributed by atoms with Crippen molar-refractivity contribution in [2.24, 2.45) is 11.8 Å². The van der Waals surface area contributed by atoms with Crippen molar-refractivity contribution in [1.82, 2.24) is 4.90 Å². The summed E-state index contributed by atoms with van der Waals surface area (Å²) >= 11 is 0. The van der Waals surface area contributed by atoms with Crippen molar-refractivity contribution in [3.05, 3.63) is 0 Å². The summed E-state index contributed by atoms with van der Waals surface area (Å²) in [5.74, 6) is -3.25. The third kappa shape index (κ3) is 3.66. The van der Waals surface area contributed by atoms with E-state index in [9.17, 15) is 14.4 Å². The topological polar surface area (TPSA) is 93.1 Å². The maximum absolute atomic E-state index is 12.2. The SMILES string of the molecule is COC(=O)C1CN(C(=O)C(C)C(C)C(=O)O)CCO1. The van der Waals surface area contributed by atoms with E-state index < -0.39 is 29.9 Å². The first-order chi connectivity index (χ1) is 8.88. The van der Waals surface area contributed by atoms with E-state index in [1.807, 2.05) is 0 Å².